The summed E-state index contributed by atoms with van der Waals surface area (Å²) in [5.74, 6) is -0.229. The first kappa shape index (κ1) is 12.7. The largest absolute Gasteiger partial charge is 0.481 e. The van der Waals surface area contributed by atoms with E-state index in [1.165, 1.54) is 34.4 Å². The van der Waals surface area contributed by atoms with E-state index in [1.54, 1.807) is 5.38 Å². The molecule has 0 bridgehead atoms. The van der Waals surface area contributed by atoms with Crippen molar-refractivity contribution in [2.45, 2.75) is 16.5 Å². The number of hydrogen-bond acceptors (Lipinski definition) is 7. The maximum atomic E-state index is 10.5. The van der Waals surface area contributed by atoms with Crippen LogP contribution in [0.2, 0.25) is 4.47 Å². The van der Waals surface area contributed by atoms with Crippen molar-refractivity contribution in [3.05, 3.63) is 20.5 Å². The molecule has 0 radical (unpaired) electrons. The summed E-state index contributed by atoms with van der Waals surface area (Å²) < 4.78 is 1.25. The van der Waals surface area contributed by atoms with Crippen LogP contribution in [0.25, 0.3) is 0 Å². The van der Waals surface area contributed by atoms with Crippen molar-refractivity contribution >= 4 is 52.0 Å². The maximum Gasteiger partial charge on any atom is 0.309 e. The molecule has 0 unspecified atom stereocenters. The molecule has 0 spiro atoms. The number of aromatic nitrogens is 3. The molecule has 0 fully saturated rings. The number of thioether (sulfide) groups is 1. The monoisotopic (exact) mass is 307 g/mol. The zero-order valence-corrected chi connectivity index (χ0v) is 11.5. The second kappa shape index (κ2) is 5.76. The molecule has 0 aromatic carbocycles. The number of halogens is 1. The van der Waals surface area contributed by atoms with Crippen LogP contribution >= 0.6 is 46.0 Å². The summed E-state index contributed by atoms with van der Waals surface area (Å²) in [5, 5.41) is 18.8. The lowest BCUT2D eigenvalue weighted by molar-refractivity contribution is -0.136. The molecular weight excluding hydrogens is 302 g/mol. The summed E-state index contributed by atoms with van der Waals surface area (Å²) in [5.41, 5.74) is 0.584. The Kier molecular flexibility index (Phi) is 4.32. The first-order valence-corrected chi connectivity index (χ1v) is 7.46. The molecule has 0 saturated heterocycles. The summed E-state index contributed by atoms with van der Waals surface area (Å²) in [7, 11) is 0. The Morgan fingerprint density at radius 2 is 2.35 bits per heavy atom. The van der Waals surface area contributed by atoms with Gasteiger partial charge in [-0.1, -0.05) is 23.1 Å². The van der Waals surface area contributed by atoms with Gasteiger partial charge < -0.3 is 5.11 Å². The van der Waals surface area contributed by atoms with Crippen LogP contribution in [0, 0.1) is 0 Å². The minimum Gasteiger partial charge on any atom is -0.481 e. The molecule has 2 aromatic heterocycles. The predicted octanol–water partition coefficient (Wildman–Crippen LogP) is 2.57. The second-order valence-corrected chi connectivity index (χ2v) is 6.64. The third-order valence-electron chi connectivity index (χ3n) is 1.62. The lowest BCUT2D eigenvalue weighted by Crippen LogP contribution is -1.99. The number of carboxylic acid groups (broad SMARTS) is 1. The van der Waals surface area contributed by atoms with Crippen LogP contribution in [-0.2, 0) is 17.0 Å². The molecule has 0 amide bonds. The van der Waals surface area contributed by atoms with E-state index in [0.717, 1.165) is 9.35 Å². The van der Waals surface area contributed by atoms with Crippen LogP contribution in [0.15, 0.2) is 9.72 Å². The number of carboxylic acids is 1. The van der Waals surface area contributed by atoms with Crippen molar-refractivity contribution < 1.29 is 9.90 Å². The van der Waals surface area contributed by atoms with Crippen molar-refractivity contribution in [2.24, 2.45) is 0 Å². The second-order valence-electron chi connectivity index (χ2n) is 2.91. The topological polar surface area (TPSA) is 76.0 Å². The predicted molar refractivity (Wildman–Crippen MR) is 67.9 cm³/mol. The van der Waals surface area contributed by atoms with Gasteiger partial charge >= 0.3 is 5.97 Å². The zero-order chi connectivity index (χ0) is 12.3. The summed E-state index contributed by atoms with van der Waals surface area (Å²) in [6.07, 6.45) is -0.0400. The van der Waals surface area contributed by atoms with Gasteiger partial charge in [-0.25, -0.2) is 4.98 Å². The number of aliphatic carboxylic acids is 1. The Labute approximate surface area is 114 Å². The van der Waals surface area contributed by atoms with Crippen LogP contribution in [0.1, 0.15) is 10.7 Å². The molecule has 5 nitrogen and oxygen atoms in total. The highest BCUT2D eigenvalue weighted by atomic mass is 35.5. The number of rotatable bonds is 5. The van der Waals surface area contributed by atoms with Crippen LogP contribution in [0.4, 0.5) is 0 Å². The molecule has 2 rings (SSSR count). The Bertz CT molecular complexity index is 528. The standard InChI is InChI=1S/C8H6ClN3O2S3/c9-7-12-11-5(17-7)3-16-8-10-4(2-15-8)1-6(13)14/h2H,1,3H2,(H,13,14). The molecule has 0 saturated carbocycles. The van der Waals surface area contributed by atoms with Gasteiger partial charge in [0, 0.05) is 5.38 Å². The van der Waals surface area contributed by atoms with E-state index in [-0.39, 0.29) is 6.42 Å². The van der Waals surface area contributed by atoms with Gasteiger partial charge in [-0.05, 0) is 11.6 Å². The fraction of sp³-hybridized carbons (Fsp3) is 0.250. The van der Waals surface area contributed by atoms with E-state index in [4.69, 9.17) is 16.7 Å². The van der Waals surface area contributed by atoms with Crippen LogP contribution in [-0.4, -0.2) is 26.3 Å². The first-order chi connectivity index (χ1) is 8.13. The van der Waals surface area contributed by atoms with Gasteiger partial charge in [0.1, 0.15) is 5.01 Å². The molecule has 9 heteroatoms. The summed E-state index contributed by atoms with van der Waals surface area (Å²) in [6, 6.07) is 0. The van der Waals surface area contributed by atoms with Crippen molar-refractivity contribution in [1.82, 2.24) is 15.2 Å². The van der Waals surface area contributed by atoms with Gasteiger partial charge in [0.15, 0.2) is 4.34 Å². The van der Waals surface area contributed by atoms with Gasteiger partial charge in [-0.2, -0.15) is 0 Å². The van der Waals surface area contributed by atoms with Gasteiger partial charge in [0.05, 0.1) is 17.9 Å². The zero-order valence-electron chi connectivity index (χ0n) is 8.29. The van der Waals surface area contributed by atoms with E-state index < -0.39 is 5.97 Å². The average molecular weight is 308 g/mol. The summed E-state index contributed by atoms with van der Waals surface area (Å²) in [4.78, 5) is 14.7. The third kappa shape index (κ3) is 3.91. The van der Waals surface area contributed by atoms with Crippen molar-refractivity contribution in [3.63, 3.8) is 0 Å². The highest BCUT2D eigenvalue weighted by Crippen LogP contribution is 2.28. The van der Waals surface area contributed by atoms with Gasteiger partial charge in [-0.15, -0.1) is 21.5 Å². The fourth-order valence-corrected chi connectivity index (χ4v) is 3.70. The Hall–Kier alpha value is -0.700. The van der Waals surface area contributed by atoms with Gasteiger partial charge in [-0.3, -0.25) is 4.79 Å². The fourth-order valence-electron chi connectivity index (χ4n) is 1.01. The minimum absolute atomic E-state index is 0.0400. The molecule has 0 aliphatic rings. The van der Waals surface area contributed by atoms with Crippen LogP contribution in [0.5, 0.6) is 0 Å². The molecule has 0 atom stereocenters. The quantitative estimate of drug-likeness (QED) is 0.856. The lowest BCUT2D eigenvalue weighted by Gasteiger charge is -1.91. The lowest BCUT2D eigenvalue weighted by atomic mass is 10.3. The summed E-state index contributed by atoms with van der Waals surface area (Å²) >= 11 is 9.92. The minimum atomic E-state index is -0.872. The smallest absolute Gasteiger partial charge is 0.309 e. The Balaban J connectivity index is 1.91. The van der Waals surface area contributed by atoms with E-state index >= 15 is 0 Å². The SMILES string of the molecule is O=C(O)Cc1csc(SCc2nnc(Cl)s2)n1. The van der Waals surface area contributed by atoms with Crippen molar-refractivity contribution in [3.8, 4) is 0 Å². The van der Waals surface area contributed by atoms with Gasteiger partial charge in [0.25, 0.3) is 0 Å². The normalized spacial score (nSPS) is 10.6. The number of carbonyl (C=O) groups is 1. The van der Waals surface area contributed by atoms with Crippen molar-refractivity contribution in [2.75, 3.05) is 0 Å². The highest BCUT2D eigenvalue weighted by molar-refractivity contribution is 8.00. The van der Waals surface area contributed by atoms with E-state index in [0.29, 0.717) is 15.9 Å². The van der Waals surface area contributed by atoms with Crippen LogP contribution in [0.3, 0.4) is 0 Å². The van der Waals surface area contributed by atoms with Gasteiger partial charge in [0.2, 0.25) is 4.47 Å². The average Bonchev–Trinajstić information content (AvgIpc) is 2.84. The highest BCUT2D eigenvalue weighted by Gasteiger charge is 2.08. The Morgan fingerprint density at radius 3 is 3.00 bits per heavy atom. The molecule has 17 heavy (non-hydrogen) atoms. The molecule has 1 N–H and O–H groups in total. The molecule has 2 heterocycles. The molecular formula is C8H6ClN3O2S3. The Morgan fingerprint density at radius 1 is 1.53 bits per heavy atom. The van der Waals surface area contributed by atoms with E-state index in [9.17, 15) is 4.79 Å². The molecule has 90 valence electrons. The van der Waals surface area contributed by atoms with Crippen LogP contribution < -0.4 is 0 Å². The summed E-state index contributed by atoms with van der Waals surface area (Å²) in [6.45, 7) is 0. The molecule has 0 aliphatic heterocycles. The van der Waals surface area contributed by atoms with E-state index in [1.807, 2.05) is 0 Å². The molecule has 0 aliphatic carbocycles. The molecule has 2 aromatic rings. The maximum absolute atomic E-state index is 10.5. The third-order valence-corrected chi connectivity index (χ3v) is 4.91. The van der Waals surface area contributed by atoms with Crippen molar-refractivity contribution in [1.29, 1.82) is 0 Å². The van der Waals surface area contributed by atoms with E-state index in [2.05, 4.69) is 15.2 Å². The number of hydrogen-bond donors (Lipinski definition) is 1. The number of nitrogens with zero attached hydrogens (tertiary/aromatic N) is 3. The number of thiazole rings is 1. The first-order valence-electron chi connectivity index (χ1n) is 4.40.